The molecule has 0 aromatic heterocycles. The molecule has 3 amide bonds. The van der Waals surface area contributed by atoms with Crippen LogP contribution in [0.15, 0.2) is 12.1 Å². The molecule has 2 saturated carbocycles. The Morgan fingerprint density at radius 2 is 2.03 bits per heavy atom. The second kappa shape index (κ2) is 8.70. The Hall–Kier alpha value is -2.48. The normalized spacial score (nSPS) is 24.4. The zero-order valence-electron chi connectivity index (χ0n) is 18.8. The van der Waals surface area contributed by atoms with Gasteiger partial charge in [-0.05, 0) is 55.1 Å². The number of alkyl carbamates (subject to hydrolysis) is 1. The topological polar surface area (TPSA) is 97.0 Å². The van der Waals surface area contributed by atoms with E-state index < -0.39 is 5.92 Å². The monoisotopic (exact) mass is 475 g/mol. The first-order chi connectivity index (χ1) is 15.9. The average molecular weight is 476 g/mol. The van der Waals surface area contributed by atoms with Gasteiger partial charge >= 0.3 is 6.09 Å². The van der Waals surface area contributed by atoms with Crippen LogP contribution in [0.2, 0.25) is 5.02 Å². The van der Waals surface area contributed by atoms with Gasteiger partial charge in [-0.3, -0.25) is 14.9 Å². The van der Waals surface area contributed by atoms with Crippen LogP contribution in [0.4, 0.5) is 10.5 Å². The molecule has 1 atom stereocenters. The number of nitrogens with one attached hydrogen (secondary N) is 2. The van der Waals surface area contributed by atoms with Crippen molar-refractivity contribution in [3.8, 4) is 5.75 Å². The number of halogens is 1. The fourth-order valence-electron chi connectivity index (χ4n) is 5.80. The number of carbonyl (C=O) groups excluding carboxylic acids is 3. The molecule has 4 aliphatic rings. The van der Waals surface area contributed by atoms with Gasteiger partial charge in [0.15, 0.2) is 5.75 Å². The first-order valence-corrected chi connectivity index (χ1v) is 12.1. The number of carbonyl (C=O) groups is 3. The molecule has 2 saturated heterocycles. The molecular weight excluding hydrogens is 446 g/mol. The van der Waals surface area contributed by atoms with Crippen molar-refractivity contribution in [2.75, 3.05) is 31.7 Å². The summed E-state index contributed by atoms with van der Waals surface area (Å²) in [5.74, 6) is -0.0606. The Labute approximate surface area is 198 Å². The molecule has 33 heavy (non-hydrogen) atoms. The highest BCUT2D eigenvalue weighted by atomic mass is 35.5. The van der Waals surface area contributed by atoms with Gasteiger partial charge in [0, 0.05) is 19.5 Å². The minimum atomic E-state index is -0.478. The number of imide groups is 1. The number of ether oxygens (including phenoxy) is 2. The van der Waals surface area contributed by atoms with Crippen LogP contribution in [0.1, 0.15) is 56.4 Å². The molecule has 9 heteroatoms. The number of methoxy groups -OCH3 is 1. The maximum atomic E-state index is 12.3. The van der Waals surface area contributed by atoms with E-state index in [9.17, 15) is 14.4 Å². The lowest BCUT2D eigenvalue weighted by Crippen LogP contribution is -2.59. The molecule has 4 fully saturated rings. The van der Waals surface area contributed by atoms with E-state index in [2.05, 4.69) is 15.5 Å². The average Bonchev–Trinajstić information content (AvgIpc) is 2.68. The van der Waals surface area contributed by atoms with E-state index in [1.165, 1.54) is 32.1 Å². The van der Waals surface area contributed by atoms with Crippen LogP contribution in [-0.4, -0.2) is 50.8 Å². The Kier molecular flexibility index (Phi) is 5.89. The summed E-state index contributed by atoms with van der Waals surface area (Å²) in [5, 5.41) is 5.68. The van der Waals surface area contributed by atoms with Crippen molar-refractivity contribution in [3.05, 3.63) is 22.7 Å². The summed E-state index contributed by atoms with van der Waals surface area (Å²) >= 11 is 6.61. The lowest BCUT2D eigenvalue weighted by atomic mass is 9.52. The van der Waals surface area contributed by atoms with Gasteiger partial charge in [0.05, 0.1) is 36.4 Å². The maximum absolute atomic E-state index is 12.3. The zero-order chi connectivity index (χ0) is 23.2. The van der Waals surface area contributed by atoms with Gasteiger partial charge in [-0.1, -0.05) is 24.1 Å². The highest BCUT2D eigenvalue weighted by molar-refractivity contribution is 6.33. The largest absolute Gasteiger partial charge is 0.493 e. The first-order valence-electron chi connectivity index (χ1n) is 11.8. The molecule has 1 unspecified atom stereocenters. The van der Waals surface area contributed by atoms with Crippen LogP contribution in [0.3, 0.4) is 0 Å². The Balaban J connectivity index is 1.13. The van der Waals surface area contributed by atoms with E-state index in [0.717, 1.165) is 5.69 Å². The van der Waals surface area contributed by atoms with Crippen LogP contribution in [0.25, 0.3) is 0 Å². The second-order valence-electron chi connectivity index (χ2n) is 10.00. The third-order valence-corrected chi connectivity index (χ3v) is 8.17. The second-order valence-corrected chi connectivity index (χ2v) is 10.4. The molecule has 2 heterocycles. The van der Waals surface area contributed by atoms with E-state index in [1.807, 2.05) is 12.1 Å². The van der Waals surface area contributed by atoms with Crippen molar-refractivity contribution < 1.29 is 23.9 Å². The lowest BCUT2D eigenvalue weighted by Gasteiger charge is -2.54. The van der Waals surface area contributed by atoms with Gasteiger partial charge < -0.3 is 19.7 Å². The molecule has 0 bridgehead atoms. The molecule has 2 N–H and O–H groups in total. The van der Waals surface area contributed by atoms with Gasteiger partial charge in [-0.25, -0.2) is 4.79 Å². The fourth-order valence-corrected chi connectivity index (χ4v) is 6.17. The lowest BCUT2D eigenvalue weighted by molar-refractivity contribution is -0.134. The molecule has 1 aromatic carbocycles. The molecule has 8 nitrogen and oxygen atoms in total. The van der Waals surface area contributed by atoms with Crippen LogP contribution in [0, 0.1) is 11.3 Å². The Morgan fingerprint density at radius 3 is 2.67 bits per heavy atom. The highest BCUT2D eigenvalue weighted by Gasteiger charge is 2.48. The summed E-state index contributed by atoms with van der Waals surface area (Å²) in [4.78, 5) is 38.0. The van der Waals surface area contributed by atoms with Gasteiger partial charge in [-0.15, -0.1) is 0 Å². The first kappa shape index (κ1) is 22.3. The summed E-state index contributed by atoms with van der Waals surface area (Å²) in [6, 6.07) is 3.70. The predicted octanol–water partition coefficient (Wildman–Crippen LogP) is 3.36. The van der Waals surface area contributed by atoms with Gasteiger partial charge in [0.25, 0.3) is 0 Å². The minimum Gasteiger partial charge on any atom is -0.493 e. The van der Waals surface area contributed by atoms with Gasteiger partial charge in [0.1, 0.15) is 0 Å². The molecule has 5 rings (SSSR count). The van der Waals surface area contributed by atoms with Crippen molar-refractivity contribution in [2.45, 2.75) is 56.9 Å². The van der Waals surface area contributed by atoms with Crippen LogP contribution in [-0.2, 0) is 14.3 Å². The van der Waals surface area contributed by atoms with Crippen molar-refractivity contribution in [1.29, 1.82) is 0 Å². The van der Waals surface area contributed by atoms with E-state index in [0.29, 0.717) is 53.8 Å². The molecule has 2 aliphatic heterocycles. The molecule has 1 spiro atoms. The number of rotatable bonds is 6. The van der Waals surface area contributed by atoms with Crippen molar-refractivity contribution in [1.82, 2.24) is 10.6 Å². The van der Waals surface area contributed by atoms with E-state index >= 15 is 0 Å². The van der Waals surface area contributed by atoms with Gasteiger partial charge in [0.2, 0.25) is 11.8 Å². The van der Waals surface area contributed by atoms with E-state index in [4.69, 9.17) is 21.1 Å². The molecule has 178 valence electrons. The van der Waals surface area contributed by atoms with Crippen LogP contribution >= 0.6 is 11.6 Å². The fraction of sp³-hybridized carbons (Fsp3) is 0.625. The molecule has 2 aliphatic carbocycles. The number of benzene rings is 1. The molecular formula is C24H30ClN3O5. The van der Waals surface area contributed by atoms with Gasteiger partial charge in [-0.2, -0.15) is 0 Å². The summed E-state index contributed by atoms with van der Waals surface area (Å²) in [6.07, 6.45) is 6.79. The number of anilines is 1. The molecule has 0 radical (unpaired) electrons. The summed E-state index contributed by atoms with van der Waals surface area (Å²) in [7, 11) is 1.54. The number of hydrogen-bond donors (Lipinski definition) is 2. The standard InChI is InChI=1S/C24H30ClN3O5/c1-32-21-18(5-3-16(20(21)25)17-4-6-19(29)27-22(17)30)28-11-15(12-28)26-23(31)33-13-14-9-24(10-14)7-2-8-24/h3,5,14-15,17H,2,4,6-13H2,1H3,(H,26,31)(H,27,29,30). The van der Waals surface area contributed by atoms with E-state index in [1.54, 1.807) is 7.11 Å². The summed E-state index contributed by atoms with van der Waals surface area (Å²) < 4.78 is 11.0. The zero-order valence-corrected chi connectivity index (χ0v) is 19.6. The Bertz CT molecular complexity index is 965. The number of nitrogens with zero attached hydrogens (tertiary/aromatic N) is 1. The van der Waals surface area contributed by atoms with Crippen molar-refractivity contribution in [3.63, 3.8) is 0 Å². The van der Waals surface area contributed by atoms with Crippen LogP contribution in [0.5, 0.6) is 5.75 Å². The predicted molar refractivity (Wildman–Crippen MR) is 123 cm³/mol. The third-order valence-electron chi connectivity index (χ3n) is 7.78. The van der Waals surface area contributed by atoms with Crippen molar-refractivity contribution >= 4 is 35.2 Å². The summed E-state index contributed by atoms with van der Waals surface area (Å²) in [6.45, 7) is 1.74. The quantitative estimate of drug-likeness (QED) is 0.612. The van der Waals surface area contributed by atoms with Crippen molar-refractivity contribution in [2.24, 2.45) is 11.3 Å². The Morgan fingerprint density at radius 1 is 1.27 bits per heavy atom. The minimum absolute atomic E-state index is 0.00448. The summed E-state index contributed by atoms with van der Waals surface area (Å²) in [5.41, 5.74) is 2.05. The number of hydrogen-bond acceptors (Lipinski definition) is 6. The smallest absolute Gasteiger partial charge is 0.407 e. The van der Waals surface area contributed by atoms with Crippen LogP contribution < -0.4 is 20.3 Å². The number of piperidine rings is 1. The molecule has 1 aromatic rings. The van der Waals surface area contributed by atoms with E-state index in [-0.39, 0.29) is 30.4 Å². The number of amides is 3. The third kappa shape index (κ3) is 4.25. The maximum Gasteiger partial charge on any atom is 0.407 e. The SMILES string of the molecule is COc1c(N2CC(NC(=O)OCC3CC4(CCC4)C3)C2)ccc(C2CCC(=O)NC2=O)c1Cl. The highest BCUT2D eigenvalue weighted by Crippen LogP contribution is 2.58.